The van der Waals surface area contributed by atoms with Crippen LogP contribution in [0, 0.1) is 17.8 Å². The molecule has 1 amide bonds. The third-order valence-corrected chi connectivity index (χ3v) is 6.33. The Hall–Kier alpha value is -1.83. The van der Waals surface area contributed by atoms with Gasteiger partial charge < -0.3 is 9.80 Å². The molecular formula is C21H24N2OS. The van der Waals surface area contributed by atoms with Crippen LogP contribution in [0.5, 0.6) is 0 Å². The van der Waals surface area contributed by atoms with Crippen LogP contribution in [0.2, 0.25) is 0 Å². The van der Waals surface area contributed by atoms with Crippen LogP contribution < -0.4 is 0 Å². The molecule has 4 rings (SSSR count). The molecule has 0 N–H and O–H groups in total. The second-order valence-corrected chi connectivity index (χ2v) is 8.15. The number of piperidine rings is 1. The van der Waals surface area contributed by atoms with Crippen LogP contribution in [0.1, 0.15) is 31.2 Å². The smallest absolute Gasteiger partial charge is 0.227 e. The average molecular weight is 353 g/mol. The summed E-state index contributed by atoms with van der Waals surface area (Å²) >= 11 is 1.75. The molecule has 2 aromatic rings. The molecule has 2 saturated heterocycles. The van der Waals surface area contributed by atoms with Gasteiger partial charge in [0.1, 0.15) is 0 Å². The highest BCUT2D eigenvalue weighted by molar-refractivity contribution is 7.17. The van der Waals surface area contributed by atoms with Gasteiger partial charge >= 0.3 is 0 Å². The molecule has 25 heavy (non-hydrogen) atoms. The van der Waals surface area contributed by atoms with E-state index in [1.807, 2.05) is 11.9 Å². The molecule has 2 unspecified atom stereocenters. The van der Waals surface area contributed by atoms with Crippen molar-refractivity contribution in [1.29, 1.82) is 0 Å². The standard InChI is InChI=1S/C21H24N2OS/c1-22-19(7-5-16-6-8-20-17(13-16)9-12-25-20)14-18(21(22)24)15-23-10-3-2-4-11-23/h6,8-9,12-13,18-19H,2-4,10-11,14-15H2,1H3. The van der Waals surface area contributed by atoms with E-state index in [9.17, 15) is 4.79 Å². The maximum absolute atomic E-state index is 12.6. The van der Waals surface area contributed by atoms with Gasteiger partial charge in [-0.15, -0.1) is 11.3 Å². The number of carbonyl (C=O) groups is 1. The molecule has 4 heteroatoms. The van der Waals surface area contributed by atoms with Gasteiger partial charge in [0, 0.05) is 23.9 Å². The number of carbonyl (C=O) groups excluding carboxylic acids is 1. The lowest BCUT2D eigenvalue weighted by atomic mass is 10.0. The van der Waals surface area contributed by atoms with Crippen molar-refractivity contribution in [3.8, 4) is 11.8 Å². The minimum absolute atomic E-state index is 0.0421. The summed E-state index contributed by atoms with van der Waals surface area (Å²) in [5.74, 6) is 7.01. The minimum Gasteiger partial charge on any atom is -0.332 e. The average Bonchev–Trinajstić information content (AvgIpc) is 3.20. The Kier molecular flexibility index (Phi) is 4.78. The van der Waals surface area contributed by atoms with E-state index in [1.54, 1.807) is 11.3 Å². The van der Waals surface area contributed by atoms with Gasteiger partial charge in [0.15, 0.2) is 0 Å². The van der Waals surface area contributed by atoms with Gasteiger partial charge in [0.05, 0.1) is 12.0 Å². The van der Waals surface area contributed by atoms with Crippen LogP contribution in [0.3, 0.4) is 0 Å². The van der Waals surface area contributed by atoms with Crippen LogP contribution in [-0.2, 0) is 4.79 Å². The lowest BCUT2D eigenvalue weighted by molar-refractivity contribution is -0.130. The second kappa shape index (κ2) is 7.19. The Morgan fingerprint density at radius 3 is 2.88 bits per heavy atom. The summed E-state index contributed by atoms with van der Waals surface area (Å²) in [5, 5.41) is 3.35. The molecule has 0 aliphatic carbocycles. The van der Waals surface area contributed by atoms with E-state index in [2.05, 4.69) is 46.4 Å². The SMILES string of the molecule is CN1C(=O)C(CN2CCCCC2)CC1C#Cc1ccc2sccc2c1. The second-order valence-electron chi connectivity index (χ2n) is 7.20. The van der Waals surface area contributed by atoms with Gasteiger partial charge in [-0.2, -0.15) is 0 Å². The first-order chi connectivity index (χ1) is 12.2. The largest absolute Gasteiger partial charge is 0.332 e. The molecule has 1 aromatic heterocycles. The summed E-state index contributed by atoms with van der Waals surface area (Å²) < 4.78 is 1.29. The summed E-state index contributed by atoms with van der Waals surface area (Å²) in [4.78, 5) is 16.9. The molecule has 2 fully saturated rings. The first-order valence-electron chi connectivity index (χ1n) is 9.18. The minimum atomic E-state index is 0.0421. The number of benzene rings is 1. The molecule has 0 saturated carbocycles. The normalized spacial score (nSPS) is 24.5. The van der Waals surface area contributed by atoms with E-state index in [4.69, 9.17) is 0 Å². The molecule has 0 spiro atoms. The Balaban J connectivity index is 1.44. The van der Waals surface area contributed by atoms with Gasteiger partial charge in [-0.3, -0.25) is 4.79 Å². The van der Waals surface area contributed by atoms with Crippen molar-refractivity contribution in [3.05, 3.63) is 35.2 Å². The highest BCUT2D eigenvalue weighted by Gasteiger charge is 2.37. The van der Waals surface area contributed by atoms with Gasteiger partial charge in [-0.1, -0.05) is 18.3 Å². The molecule has 2 aliphatic heterocycles. The predicted octanol–water partition coefficient (Wildman–Crippen LogP) is 3.59. The van der Waals surface area contributed by atoms with E-state index in [1.165, 1.54) is 29.3 Å². The van der Waals surface area contributed by atoms with Crippen LogP contribution in [0.15, 0.2) is 29.6 Å². The Bertz CT molecular complexity index is 825. The number of fused-ring (bicyclic) bond motifs is 1. The number of hydrogen-bond acceptors (Lipinski definition) is 3. The summed E-state index contributed by atoms with van der Waals surface area (Å²) in [5.41, 5.74) is 1.03. The fraction of sp³-hybridized carbons (Fsp3) is 0.476. The van der Waals surface area contributed by atoms with Crippen molar-refractivity contribution in [2.24, 2.45) is 5.92 Å². The highest BCUT2D eigenvalue weighted by atomic mass is 32.1. The summed E-state index contributed by atoms with van der Waals surface area (Å²) in [6.07, 6.45) is 4.73. The summed E-state index contributed by atoms with van der Waals surface area (Å²) in [6.45, 7) is 3.19. The Morgan fingerprint density at radius 1 is 1.20 bits per heavy atom. The van der Waals surface area contributed by atoms with E-state index in [-0.39, 0.29) is 17.9 Å². The van der Waals surface area contributed by atoms with Crippen molar-refractivity contribution in [3.63, 3.8) is 0 Å². The van der Waals surface area contributed by atoms with Crippen LogP contribution in [-0.4, -0.2) is 48.4 Å². The van der Waals surface area contributed by atoms with Gasteiger partial charge in [-0.25, -0.2) is 0 Å². The maximum atomic E-state index is 12.6. The number of amides is 1. The van der Waals surface area contributed by atoms with E-state index >= 15 is 0 Å². The lowest BCUT2D eigenvalue weighted by Crippen LogP contribution is -2.37. The van der Waals surface area contributed by atoms with Crippen molar-refractivity contribution >= 4 is 27.3 Å². The zero-order chi connectivity index (χ0) is 17.2. The maximum Gasteiger partial charge on any atom is 0.227 e. The number of nitrogens with zero attached hydrogens (tertiary/aromatic N) is 2. The van der Waals surface area contributed by atoms with Crippen molar-refractivity contribution < 1.29 is 4.79 Å². The Morgan fingerprint density at radius 2 is 2.04 bits per heavy atom. The fourth-order valence-corrected chi connectivity index (χ4v) is 4.71. The van der Waals surface area contributed by atoms with Crippen LogP contribution in [0.25, 0.3) is 10.1 Å². The zero-order valence-corrected chi connectivity index (χ0v) is 15.5. The Labute approximate surface area is 153 Å². The topological polar surface area (TPSA) is 23.6 Å². The fourth-order valence-electron chi connectivity index (χ4n) is 3.94. The highest BCUT2D eigenvalue weighted by Crippen LogP contribution is 2.25. The van der Waals surface area contributed by atoms with Gasteiger partial charge in [0.25, 0.3) is 0 Å². The molecule has 3 heterocycles. The summed E-state index contributed by atoms with van der Waals surface area (Å²) in [6, 6.07) is 8.52. The number of hydrogen-bond donors (Lipinski definition) is 0. The molecule has 2 aliphatic rings. The van der Waals surface area contributed by atoms with Gasteiger partial charge in [-0.05, 0) is 67.4 Å². The van der Waals surface area contributed by atoms with Crippen molar-refractivity contribution in [1.82, 2.24) is 9.80 Å². The number of thiophene rings is 1. The summed E-state index contributed by atoms with van der Waals surface area (Å²) in [7, 11) is 1.90. The molecule has 0 bridgehead atoms. The van der Waals surface area contributed by atoms with E-state index < -0.39 is 0 Å². The molecule has 3 nitrogen and oxygen atoms in total. The van der Waals surface area contributed by atoms with Gasteiger partial charge in [0.2, 0.25) is 5.91 Å². The third-order valence-electron chi connectivity index (χ3n) is 5.43. The van der Waals surface area contributed by atoms with E-state index in [0.717, 1.165) is 31.6 Å². The van der Waals surface area contributed by atoms with E-state index in [0.29, 0.717) is 0 Å². The molecule has 1 aromatic carbocycles. The molecule has 0 radical (unpaired) electrons. The zero-order valence-electron chi connectivity index (χ0n) is 14.7. The van der Waals surface area contributed by atoms with Crippen molar-refractivity contribution in [2.75, 3.05) is 26.7 Å². The predicted molar refractivity (Wildman–Crippen MR) is 104 cm³/mol. The molecular weight excluding hydrogens is 328 g/mol. The van der Waals surface area contributed by atoms with Crippen LogP contribution in [0.4, 0.5) is 0 Å². The number of likely N-dealkylation sites (tertiary alicyclic amines) is 2. The van der Waals surface area contributed by atoms with Crippen molar-refractivity contribution in [2.45, 2.75) is 31.7 Å². The quantitative estimate of drug-likeness (QED) is 0.771. The first-order valence-corrected chi connectivity index (χ1v) is 10.1. The monoisotopic (exact) mass is 352 g/mol. The number of rotatable bonds is 2. The van der Waals surface area contributed by atoms with Crippen LogP contribution >= 0.6 is 11.3 Å². The molecule has 2 atom stereocenters. The third kappa shape index (κ3) is 3.58. The molecule has 130 valence electrons. The first kappa shape index (κ1) is 16.6. The lowest BCUT2D eigenvalue weighted by Gasteiger charge is -2.28.